The molecule has 0 bridgehead atoms. The number of rotatable bonds is 4. The van der Waals surface area contributed by atoms with Crippen LogP contribution in [0.1, 0.15) is 11.1 Å². The Morgan fingerprint density at radius 1 is 0.789 bits per heavy atom. The van der Waals surface area contributed by atoms with Gasteiger partial charge >= 0.3 is 0 Å². The zero-order valence-corrected chi connectivity index (χ0v) is 11.6. The minimum atomic E-state index is 0.147. The van der Waals surface area contributed by atoms with Gasteiger partial charge in [-0.05, 0) is 23.3 Å². The Balaban J connectivity index is 2.65. The molecule has 0 aliphatic carbocycles. The molecule has 0 heterocycles. The number of hydrogen-bond acceptors (Lipinski definition) is 2. The summed E-state index contributed by atoms with van der Waals surface area (Å²) >= 11 is 3.37. The van der Waals surface area contributed by atoms with Crippen LogP contribution in [0.25, 0.3) is 5.57 Å². The molecule has 94 valence electrons. The Kier molecular flexibility index (Phi) is 4.42. The lowest BCUT2D eigenvalue weighted by molar-refractivity contribution is -0.109. The summed E-state index contributed by atoms with van der Waals surface area (Å²) in [5.41, 5.74) is 2.48. The maximum absolute atomic E-state index is 11.1. The fraction of sp³-hybridized carbons (Fsp3) is 0. The molecule has 0 saturated heterocycles. The van der Waals surface area contributed by atoms with E-state index in [4.69, 9.17) is 0 Å². The van der Waals surface area contributed by atoms with Crippen LogP contribution in [0.5, 0.6) is 0 Å². The SMILES string of the molecule is O=CC(C=O)=C(c1ccccc1)c1ccc(Br)cc1. The normalized spacial score (nSPS) is 9.74. The molecular weight excluding hydrogens is 304 g/mol. The maximum Gasteiger partial charge on any atom is 0.153 e. The summed E-state index contributed by atoms with van der Waals surface area (Å²) < 4.78 is 0.947. The summed E-state index contributed by atoms with van der Waals surface area (Å²) in [6.45, 7) is 0. The predicted molar refractivity (Wildman–Crippen MR) is 78.7 cm³/mol. The second-order valence-corrected chi connectivity index (χ2v) is 4.85. The smallest absolute Gasteiger partial charge is 0.153 e. The first-order valence-corrected chi connectivity index (χ1v) is 6.51. The van der Waals surface area contributed by atoms with Gasteiger partial charge in [0, 0.05) is 10.0 Å². The Labute approximate surface area is 119 Å². The van der Waals surface area contributed by atoms with Crippen LogP contribution in [0, 0.1) is 0 Å². The summed E-state index contributed by atoms with van der Waals surface area (Å²) in [7, 11) is 0. The highest BCUT2D eigenvalue weighted by atomic mass is 79.9. The van der Waals surface area contributed by atoms with Crippen LogP contribution >= 0.6 is 15.9 Å². The van der Waals surface area contributed by atoms with Crippen molar-refractivity contribution in [3.63, 3.8) is 0 Å². The molecular formula is C16H11BrO2. The molecule has 2 aromatic carbocycles. The maximum atomic E-state index is 11.1. The van der Waals surface area contributed by atoms with Crippen molar-refractivity contribution >= 4 is 34.1 Å². The number of allylic oxidation sites excluding steroid dienone is 1. The van der Waals surface area contributed by atoms with E-state index in [-0.39, 0.29) is 5.57 Å². The first-order chi connectivity index (χ1) is 9.26. The topological polar surface area (TPSA) is 34.1 Å². The van der Waals surface area contributed by atoms with E-state index in [1.165, 1.54) is 0 Å². The summed E-state index contributed by atoms with van der Waals surface area (Å²) in [5, 5.41) is 0. The van der Waals surface area contributed by atoms with Crippen LogP contribution in [-0.2, 0) is 9.59 Å². The Hall–Kier alpha value is -2.00. The first-order valence-electron chi connectivity index (χ1n) is 5.72. The van der Waals surface area contributed by atoms with E-state index in [2.05, 4.69) is 15.9 Å². The summed E-state index contributed by atoms with van der Waals surface area (Å²) in [6, 6.07) is 16.9. The lowest BCUT2D eigenvalue weighted by Crippen LogP contribution is -1.97. The fourth-order valence-corrected chi connectivity index (χ4v) is 2.13. The van der Waals surface area contributed by atoms with Crippen LogP contribution in [0.3, 0.4) is 0 Å². The molecule has 0 N–H and O–H groups in total. The molecule has 0 unspecified atom stereocenters. The van der Waals surface area contributed by atoms with E-state index in [0.29, 0.717) is 18.1 Å². The highest BCUT2D eigenvalue weighted by Crippen LogP contribution is 2.26. The molecule has 0 amide bonds. The third-order valence-corrected chi connectivity index (χ3v) is 3.27. The standard InChI is InChI=1S/C16H11BrO2/c17-15-8-6-13(7-9-15)16(14(10-18)11-19)12-4-2-1-3-5-12/h1-11H. The van der Waals surface area contributed by atoms with Gasteiger partial charge in [-0.3, -0.25) is 9.59 Å². The molecule has 0 aromatic heterocycles. The fourth-order valence-electron chi connectivity index (χ4n) is 1.87. The molecule has 19 heavy (non-hydrogen) atoms. The average Bonchev–Trinajstić information content (AvgIpc) is 2.47. The zero-order chi connectivity index (χ0) is 13.7. The van der Waals surface area contributed by atoms with Crippen molar-refractivity contribution in [3.8, 4) is 0 Å². The van der Waals surface area contributed by atoms with E-state index in [1.807, 2.05) is 54.6 Å². The largest absolute Gasteiger partial charge is 0.298 e. The number of carbonyl (C=O) groups excluding carboxylic acids is 2. The molecule has 0 saturated carbocycles. The lowest BCUT2D eigenvalue weighted by atomic mass is 9.94. The number of aldehydes is 2. The second kappa shape index (κ2) is 6.25. The van der Waals surface area contributed by atoms with Gasteiger partial charge in [0.1, 0.15) is 0 Å². The van der Waals surface area contributed by atoms with Crippen LogP contribution in [0.15, 0.2) is 64.6 Å². The average molecular weight is 315 g/mol. The predicted octanol–water partition coefficient (Wildman–Crippen LogP) is 3.65. The molecule has 0 fully saturated rings. The molecule has 0 spiro atoms. The van der Waals surface area contributed by atoms with Crippen LogP contribution in [-0.4, -0.2) is 12.6 Å². The Morgan fingerprint density at radius 3 is 1.84 bits per heavy atom. The number of hydrogen-bond donors (Lipinski definition) is 0. The monoisotopic (exact) mass is 314 g/mol. The molecule has 2 rings (SSSR count). The van der Waals surface area contributed by atoms with Crippen molar-refractivity contribution in [3.05, 3.63) is 75.8 Å². The first kappa shape index (κ1) is 13.4. The quantitative estimate of drug-likeness (QED) is 0.373. The van der Waals surface area contributed by atoms with Crippen LogP contribution in [0.4, 0.5) is 0 Å². The van der Waals surface area contributed by atoms with Crippen molar-refractivity contribution in [1.29, 1.82) is 0 Å². The molecule has 3 heteroatoms. The van der Waals surface area contributed by atoms with E-state index in [1.54, 1.807) is 0 Å². The van der Waals surface area contributed by atoms with Gasteiger partial charge in [-0.25, -0.2) is 0 Å². The van der Waals surface area contributed by atoms with Gasteiger partial charge in [-0.2, -0.15) is 0 Å². The van der Waals surface area contributed by atoms with E-state index in [9.17, 15) is 9.59 Å². The molecule has 0 radical (unpaired) electrons. The molecule has 0 aliphatic heterocycles. The van der Waals surface area contributed by atoms with E-state index >= 15 is 0 Å². The minimum Gasteiger partial charge on any atom is -0.298 e. The van der Waals surface area contributed by atoms with Crippen molar-refractivity contribution in [2.75, 3.05) is 0 Å². The zero-order valence-electron chi connectivity index (χ0n) is 10.0. The summed E-state index contributed by atoms with van der Waals surface area (Å²) in [6.07, 6.45) is 1.19. The number of benzene rings is 2. The Bertz CT molecular complexity index is 603. The lowest BCUT2D eigenvalue weighted by Gasteiger charge is -2.09. The second-order valence-electron chi connectivity index (χ2n) is 3.94. The highest BCUT2D eigenvalue weighted by molar-refractivity contribution is 9.10. The van der Waals surface area contributed by atoms with Gasteiger partial charge < -0.3 is 0 Å². The van der Waals surface area contributed by atoms with Gasteiger partial charge in [-0.15, -0.1) is 0 Å². The van der Waals surface area contributed by atoms with E-state index in [0.717, 1.165) is 15.6 Å². The van der Waals surface area contributed by atoms with Crippen molar-refractivity contribution in [1.82, 2.24) is 0 Å². The van der Waals surface area contributed by atoms with Gasteiger partial charge in [0.2, 0.25) is 0 Å². The third-order valence-electron chi connectivity index (χ3n) is 2.74. The Morgan fingerprint density at radius 2 is 1.32 bits per heavy atom. The van der Waals surface area contributed by atoms with E-state index < -0.39 is 0 Å². The summed E-state index contributed by atoms with van der Waals surface area (Å²) in [5.74, 6) is 0. The van der Waals surface area contributed by atoms with Crippen molar-refractivity contribution < 1.29 is 9.59 Å². The highest BCUT2D eigenvalue weighted by Gasteiger charge is 2.10. The molecule has 0 aliphatic rings. The molecule has 2 aromatic rings. The number of halogens is 1. The van der Waals surface area contributed by atoms with Gasteiger partial charge in [0.05, 0.1) is 5.57 Å². The van der Waals surface area contributed by atoms with Crippen LogP contribution < -0.4 is 0 Å². The van der Waals surface area contributed by atoms with Gasteiger partial charge in [-0.1, -0.05) is 58.4 Å². The van der Waals surface area contributed by atoms with Crippen molar-refractivity contribution in [2.24, 2.45) is 0 Å². The van der Waals surface area contributed by atoms with Gasteiger partial charge in [0.15, 0.2) is 12.6 Å². The molecule has 2 nitrogen and oxygen atoms in total. The number of carbonyl (C=O) groups is 2. The third kappa shape index (κ3) is 3.06. The summed E-state index contributed by atoms with van der Waals surface area (Å²) in [4.78, 5) is 22.2. The molecule has 0 atom stereocenters. The van der Waals surface area contributed by atoms with Crippen molar-refractivity contribution in [2.45, 2.75) is 0 Å². The van der Waals surface area contributed by atoms with Gasteiger partial charge in [0.25, 0.3) is 0 Å². The van der Waals surface area contributed by atoms with Crippen LogP contribution in [0.2, 0.25) is 0 Å². The minimum absolute atomic E-state index is 0.147.